The molecule has 35 heavy (non-hydrogen) atoms. The number of rotatable bonds is 1. The summed E-state index contributed by atoms with van der Waals surface area (Å²) in [4.78, 5) is 3.68. The van der Waals surface area contributed by atoms with Crippen LogP contribution in [0.2, 0.25) is 0 Å². The molecule has 0 N–H and O–H groups in total. The second-order valence-electron chi connectivity index (χ2n) is 8.81. The first-order valence-corrected chi connectivity index (χ1v) is 11.5. The number of hydrogen-bond acceptors (Lipinski definition) is 2. The van der Waals surface area contributed by atoms with Crippen LogP contribution in [0.5, 0.6) is 0 Å². The summed E-state index contributed by atoms with van der Waals surface area (Å²) in [6.45, 7) is 7.56. The van der Waals surface area contributed by atoms with Gasteiger partial charge >= 0.3 is 0 Å². The van der Waals surface area contributed by atoms with Gasteiger partial charge in [-0.25, -0.2) is 4.85 Å². The molecular weight excluding hydrogens is 432 g/mol. The summed E-state index contributed by atoms with van der Waals surface area (Å²) in [6, 6.07) is 32.5. The van der Waals surface area contributed by atoms with E-state index in [1.807, 2.05) is 54.6 Å². The zero-order valence-electron chi connectivity index (χ0n) is 18.4. The maximum Gasteiger partial charge on any atom is 0.189 e. The Kier molecular flexibility index (Phi) is 3.44. The van der Waals surface area contributed by atoms with Crippen LogP contribution in [0.4, 0.5) is 5.69 Å². The van der Waals surface area contributed by atoms with Crippen LogP contribution in [0.25, 0.3) is 76.2 Å². The zero-order valence-corrected chi connectivity index (χ0v) is 18.4. The fourth-order valence-corrected chi connectivity index (χ4v) is 5.58. The number of nitrogens with zero attached hydrogens (tertiary/aromatic N) is 2. The molecule has 0 spiro atoms. The topological polar surface area (TPSA) is 35.6 Å². The summed E-state index contributed by atoms with van der Waals surface area (Å²) >= 11 is 0. The van der Waals surface area contributed by atoms with E-state index < -0.39 is 0 Å². The van der Waals surface area contributed by atoms with Gasteiger partial charge in [0, 0.05) is 21.8 Å². The third-order valence-corrected chi connectivity index (χ3v) is 6.97. The summed E-state index contributed by atoms with van der Waals surface area (Å²) in [7, 11) is 0. The average molecular weight is 448 g/mol. The van der Waals surface area contributed by atoms with Crippen molar-refractivity contribution in [1.82, 2.24) is 4.57 Å². The number of benzene rings is 5. The lowest BCUT2D eigenvalue weighted by molar-refractivity contribution is 0.665. The molecular formula is C31H16N2O2. The quantitative estimate of drug-likeness (QED) is 0.235. The van der Waals surface area contributed by atoms with E-state index in [-0.39, 0.29) is 0 Å². The van der Waals surface area contributed by atoms with Crippen molar-refractivity contribution in [2.24, 2.45) is 0 Å². The highest BCUT2D eigenvalue weighted by atomic mass is 16.3. The molecule has 0 atom stereocenters. The molecule has 5 aromatic carbocycles. The van der Waals surface area contributed by atoms with Crippen molar-refractivity contribution in [1.29, 1.82) is 0 Å². The average Bonchev–Trinajstić information content (AvgIpc) is 3.57. The molecule has 0 unspecified atom stereocenters. The van der Waals surface area contributed by atoms with Crippen LogP contribution in [0.1, 0.15) is 0 Å². The molecule has 0 saturated carbocycles. The molecule has 0 saturated heterocycles. The Balaban J connectivity index is 1.77. The van der Waals surface area contributed by atoms with Gasteiger partial charge in [0.15, 0.2) is 5.69 Å². The van der Waals surface area contributed by atoms with Crippen LogP contribution in [-0.4, -0.2) is 4.57 Å². The Hall–Kier alpha value is -5.01. The Morgan fingerprint density at radius 1 is 0.600 bits per heavy atom. The predicted octanol–water partition coefficient (Wildman–Crippen LogP) is 9.13. The Labute approximate surface area is 199 Å². The molecule has 8 aromatic rings. The molecule has 0 radical (unpaired) electrons. The molecule has 3 heterocycles. The molecule has 4 nitrogen and oxygen atoms in total. The predicted molar refractivity (Wildman–Crippen MR) is 142 cm³/mol. The van der Waals surface area contributed by atoms with E-state index in [0.29, 0.717) is 5.69 Å². The van der Waals surface area contributed by atoms with E-state index in [4.69, 9.17) is 15.4 Å². The maximum atomic E-state index is 7.56. The Morgan fingerprint density at radius 3 is 1.91 bits per heavy atom. The first kappa shape index (κ1) is 18.4. The molecule has 0 bridgehead atoms. The van der Waals surface area contributed by atoms with E-state index in [1.165, 1.54) is 0 Å². The SMILES string of the molecule is [C-]#[N+]c1cccc(-n2c3ccccc3c3c4oc5ccccc5c4c4oc5ccccc5c4c32)c1. The monoisotopic (exact) mass is 448 g/mol. The molecule has 8 rings (SSSR count). The van der Waals surface area contributed by atoms with Crippen molar-refractivity contribution >= 4 is 71.4 Å². The van der Waals surface area contributed by atoms with Crippen molar-refractivity contribution in [2.75, 3.05) is 0 Å². The van der Waals surface area contributed by atoms with Crippen molar-refractivity contribution in [2.45, 2.75) is 0 Å². The summed E-state index contributed by atoms with van der Waals surface area (Å²) in [5.74, 6) is 0. The van der Waals surface area contributed by atoms with Crippen LogP contribution in [0, 0.1) is 6.57 Å². The number of fused-ring (bicyclic) bond motifs is 12. The standard InChI is InChI=1S/C31H16N2O2/c1-32-18-9-8-10-19(17-18)33-23-14-5-2-11-20(23)26-29(33)27-21-12-3-6-15-24(21)34-31(27)28-22-13-4-7-16-25(22)35-30(26)28/h2-17H. The van der Waals surface area contributed by atoms with Gasteiger partial charge in [0.1, 0.15) is 22.3 Å². The third-order valence-electron chi connectivity index (χ3n) is 6.97. The first-order valence-electron chi connectivity index (χ1n) is 11.5. The molecule has 0 amide bonds. The van der Waals surface area contributed by atoms with Crippen molar-refractivity contribution in [3.8, 4) is 5.69 Å². The van der Waals surface area contributed by atoms with E-state index in [9.17, 15) is 0 Å². The number of aromatic nitrogens is 1. The number of furan rings is 2. The van der Waals surface area contributed by atoms with Gasteiger partial charge in [0.2, 0.25) is 0 Å². The van der Waals surface area contributed by atoms with Crippen LogP contribution >= 0.6 is 0 Å². The summed E-state index contributed by atoms with van der Waals surface area (Å²) in [6.07, 6.45) is 0. The van der Waals surface area contributed by atoms with E-state index in [0.717, 1.165) is 71.4 Å². The lowest BCUT2D eigenvalue weighted by atomic mass is 10.0. The largest absolute Gasteiger partial charge is 0.455 e. The molecule has 0 aliphatic carbocycles. The number of para-hydroxylation sites is 3. The maximum absolute atomic E-state index is 7.56. The van der Waals surface area contributed by atoms with Crippen molar-refractivity contribution in [3.05, 3.63) is 108 Å². The van der Waals surface area contributed by atoms with Gasteiger partial charge in [-0.05, 0) is 30.3 Å². The van der Waals surface area contributed by atoms with Gasteiger partial charge in [-0.15, -0.1) is 0 Å². The fraction of sp³-hybridized carbons (Fsp3) is 0. The minimum absolute atomic E-state index is 0.603. The molecule has 0 fully saturated rings. The van der Waals surface area contributed by atoms with Gasteiger partial charge in [-0.1, -0.05) is 66.7 Å². The van der Waals surface area contributed by atoms with Gasteiger partial charge in [0.05, 0.1) is 33.8 Å². The van der Waals surface area contributed by atoms with Crippen molar-refractivity contribution < 1.29 is 8.83 Å². The van der Waals surface area contributed by atoms with Gasteiger partial charge in [0.25, 0.3) is 0 Å². The summed E-state index contributed by atoms with van der Waals surface area (Å²) in [5.41, 5.74) is 6.95. The Morgan fingerprint density at radius 2 is 1.20 bits per heavy atom. The number of hydrogen-bond donors (Lipinski definition) is 0. The second kappa shape index (κ2) is 6.53. The highest BCUT2D eigenvalue weighted by molar-refractivity contribution is 6.37. The molecule has 0 aliphatic rings. The van der Waals surface area contributed by atoms with E-state index in [1.54, 1.807) is 0 Å². The second-order valence-corrected chi connectivity index (χ2v) is 8.81. The highest BCUT2D eigenvalue weighted by Crippen LogP contribution is 2.48. The normalized spacial score (nSPS) is 12.0. The molecule has 162 valence electrons. The highest BCUT2D eigenvalue weighted by Gasteiger charge is 2.26. The minimum Gasteiger partial charge on any atom is -0.455 e. The lowest BCUT2D eigenvalue weighted by Gasteiger charge is -2.09. The van der Waals surface area contributed by atoms with E-state index in [2.05, 4.69) is 51.9 Å². The van der Waals surface area contributed by atoms with Crippen molar-refractivity contribution in [3.63, 3.8) is 0 Å². The summed E-state index contributed by atoms with van der Waals surface area (Å²) in [5, 5.41) is 6.31. The van der Waals surface area contributed by atoms with Gasteiger partial charge in [-0.3, -0.25) is 0 Å². The Bertz CT molecular complexity index is 2150. The van der Waals surface area contributed by atoms with Crippen LogP contribution in [0.15, 0.2) is 106 Å². The van der Waals surface area contributed by atoms with Crippen LogP contribution in [-0.2, 0) is 0 Å². The molecule has 0 aliphatic heterocycles. The zero-order chi connectivity index (χ0) is 23.1. The fourth-order valence-electron chi connectivity index (χ4n) is 5.58. The summed E-state index contributed by atoms with van der Waals surface area (Å²) < 4.78 is 15.3. The van der Waals surface area contributed by atoms with Crippen LogP contribution in [0.3, 0.4) is 0 Å². The van der Waals surface area contributed by atoms with E-state index >= 15 is 0 Å². The first-order chi connectivity index (χ1) is 17.3. The van der Waals surface area contributed by atoms with Gasteiger partial charge < -0.3 is 13.4 Å². The molecule has 4 heteroatoms. The smallest absolute Gasteiger partial charge is 0.189 e. The lowest BCUT2D eigenvalue weighted by Crippen LogP contribution is -1.93. The van der Waals surface area contributed by atoms with Crippen LogP contribution < -0.4 is 0 Å². The minimum atomic E-state index is 0.603. The van der Waals surface area contributed by atoms with Gasteiger partial charge in [-0.2, -0.15) is 0 Å². The third kappa shape index (κ3) is 2.29. The molecule has 3 aromatic heterocycles.